The lowest BCUT2D eigenvalue weighted by atomic mass is 9.71. The molecule has 6 nitrogen and oxygen atoms in total. The highest BCUT2D eigenvalue weighted by molar-refractivity contribution is 5.81. The lowest BCUT2D eigenvalue weighted by molar-refractivity contribution is -0.139. The SMILES string of the molecule is C[C@@]12C[C@H]3CN(C(=O)Cn4ncc5ccccc5c4=O)[C@@H]1CCCC[C@@H]2N3. The van der Waals surface area contributed by atoms with Crippen LogP contribution in [-0.4, -0.2) is 45.3 Å². The van der Waals surface area contributed by atoms with E-state index in [1.165, 1.54) is 23.9 Å². The van der Waals surface area contributed by atoms with Crippen LogP contribution in [0.1, 0.15) is 39.0 Å². The molecule has 2 saturated heterocycles. The summed E-state index contributed by atoms with van der Waals surface area (Å²) in [5.41, 5.74) is -0.0406. The molecule has 0 radical (unpaired) electrons. The van der Waals surface area contributed by atoms with Crippen LogP contribution >= 0.6 is 0 Å². The van der Waals surface area contributed by atoms with E-state index in [2.05, 4.69) is 22.2 Å². The third-order valence-corrected chi connectivity index (χ3v) is 7.06. The topological polar surface area (TPSA) is 67.2 Å². The third kappa shape index (κ3) is 2.61. The Morgan fingerprint density at radius 1 is 1.30 bits per heavy atom. The number of nitrogens with zero attached hydrogens (tertiary/aromatic N) is 3. The molecule has 142 valence electrons. The third-order valence-electron chi connectivity index (χ3n) is 7.06. The first-order valence-corrected chi connectivity index (χ1v) is 10.1. The summed E-state index contributed by atoms with van der Waals surface area (Å²) in [6.45, 7) is 3.12. The average Bonchev–Trinajstić information content (AvgIpc) is 2.83. The van der Waals surface area contributed by atoms with Crippen molar-refractivity contribution in [3.8, 4) is 0 Å². The van der Waals surface area contributed by atoms with Crippen LogP contribution in [0.4, 0.5) is 0 Å². The largest absolute Gasteiger partial charge is 0.336 e. The maximum absolute atomic E-state index is 13.2. The van der Waals surface area contributed by atoms with Crippen molar-refractivity contribution in [2.45, 2.75) is 63.7 Å². The monoisotopic (exact) mass is 366 g/mol. The maximum Gasteiger partial charge on any atom is 0.275 e. The summed E-state index contributed by atoms with van der Waals surface area (Å²) in [6.07, 6.45) is 7.49. The molecule has 5 rings (SSSR count). The van der Waals surface area contributed by atoms with Crippen LogP contribution < -0.4 is 10.9 Å². The molecule has 2 aromatic rings. The first-order chi connectivity index (χ1) is 13.1. The zero-order valence-electron chi connectivity index (χ0n) is 15.7. The van der Waals surface area contributed by atoms with Crippen LogP contribution in [0.5, 0.6) is 0 Å². The normalized spacial score (nSPS) is 32.5. The van der Waals surface area contributed by atoms with E-state index in [1.807, 2.05) is 18.2 Å². The fourth-order valence-corrected chi connectivity index (χ4v) is 5.73. The van der Waals surface area contributed by atoms with E-state index in [-0.39, 0.29) is 29.5 Å². The van der Waals surface area contributed by atoms with Crippen LogP contribution in [0.25, 0.3) is 10.8 Å². The second kappa shape index (κ2) is 6.16. The molecule has 3 aliphatic rings. The average molecular weight is 366 g/mol. The van der Waals surface area contributed by atoms with Gasteiger partial charge in [0, 0.05) is 35.5 Å². The van der Waals surface area contributed by atoms with Gasteiger partial charge < -0.3 is 10.2 Å². The number of hydrogen-bond acceptors (Lipinski definition) is 4. The van der Waals surface area contributed by atoms with E-state index in [0.29, 0.717) is 17.5 Å². The number of amides is 1. The van der Waals surface area contributed by atoms with Crippen LogP contribution in [0, 0.1) is 5.41 Å². The molecule has 2 aliphatic heterocycles. The van der Waals surface area contributed by atoms with Gasteiger partial charge in [-0.3, -0.25) is 9.59 Å². The Morgan fingerprint density at radius 3 is 3.00 bits per heavy atom. The highest BCUT2D eigenvalue weighted by Crippen LogP contribution is 2.48. The number of rotatable bonds is 2. The van der Waals surface area contributed by atoms with Gasteiger partial charge in [-0.2, -0.15) is 5.10 Å². The zero-order chi connectivity index (χ0) is 18.6. The molecule has 1 amide bonds. The van der Waals surface area contributed by atoms with E-state index in [4.69, 9.17) is 0 Å². The van der Waals surface area contributed by atoms with Crippen molar-refractivity contribution in [2.24, 2.45) is 5.41 Å². The molecular formula is C21H26N4O2. The molecule has 3 heterocycles. The molecule has 0 unspecified atom stereocenters. The molecule has 2 bridgehead atoms. The zero-order valence-corrected chi connectivity index (χ0v) is 15.7. The minimum absolute atomic E-state index is 0.0187. The molecule has 4 atom stereocenters. The second-order valence-corrected chi connectivity index (χ2v) is 8.67. The molecule has 1 aliphatic carbocycles. The van der Waals surface area contributed by atoms with E-state index in [9.17, 15) is 9.59 Å². The van der Waals surface area contributed by atoms with Gasteiger partial charge in [0.05, 0.1) is 11.6 Å². The molecule has 6 heteroatoms. The van der Waals surface area contributed by atoms with Gasteiger partial charge in [0.25, 0.3) is 5.56 Å². The summed E-state index contributed by atoms with van der Waals surface area (Å²) in [6, 6.07) is 8.54. The van der Waals surface area contributed by atoms with Crippen molar-refractivity contribution < 1.29 is 4.79 Å². The predicted molar refractivity (Wildman–Crippen MR) is 103 cm³/mol. The quantitative estimate of drug-likeness (QED) is 0.882. The second-order valence-electron chi connectivity index (χ2n) is 8.67. The van der Waals surface area contributed by atoms with Gasteiger partial charge in [-0.25, -0.2) is 4.68 Å². The van der Waals surface area contributed by atoms with Gasteiger partial charge in [0.2, 0.25) is 5.91 Å². The maximum atomic E-state index is 13.2. The van der Waals surface area contributed by atoms with Crippen molar-refractivity contribution in [1.82, 2.24) is 20.0 Å². The molecule has 1 N–H and O–H groups in total. The molecule has 27 heavy (non-hydrogen) atoms. The summed E-state index contributed by atoms with van der Waals surface area (Å²) in [5.74, 6) is 0.0187. The number of carbonyl (C=O) groups excluding carboxylic acids is 1. The fraction of sp³-hybridized carbons (Fsp3) is 0.571. The number of hydrogen-bond donors (Lipinski definition) is 1. The molecule has 0 spiro atoms. The lowest BCUT2D eigenvalue weighted by Gasteiger charge is -2.46. The standard InChI is InChI=1S/C21H26N4O2/c1-21-10-15-12-24(18(21)9-5-4-8-17(21)23-15)19(26)13-25-20(27)16-7-3-2-6-14(16)11-22-25/h2-3,6-7,11,15,17-18,23H,4-5,8-10,12-13H2,1H3/t15-,17-,18+,21-/m0/s1. The fourth-order valence-electron chi connectivity index (χ4n) is 5.73. The Bertz CT molecular complexity index is 955. The summed E-state index contributed by atoms with van der Waals surface area (Å²) in [4.78, 5) is 28.0. The minimum atomic E-state index is -0.190. The van der Waals surface area contributed by atoms with Crippen molar-refractivity contribution in [1.29, 1.82) is 0 Å². The summed E-state index contributed by atoms with van der Waals surface area (Å²) < 4.78 is 1.32. The number of aromatic nitrogens is 2. The van der Waals surface area contributed by atoms with Crippen molar-refractivity contribution in [3.05, 3.63) is 40.8 Å². The van der Waals surface area contributed by atoms with E-state index >= 15 is 0 Å². The molecule has 1 aromatic heterocycles. The van der Waals surface area contributed by atoms with Crippen molar-refractivity contribution in [2.75, 3.05) is 6.54 Å². The summed E-state index contributed by atoms with van der Waals surface area (Å²) >= 11 is 0. The smallest absolute Gasteiger partial charge is 0.275 e. The molecule has 1 aromatic carbocycles. The Morgan fingerprint density at radius 2 is 2.11 bits per heavy atom. The van der Waals surface area contributed by atoms with E-state index in [0.717, 1.165) is 24.8 Å². The van der Waals surface area contributed by atoms with Gasteiger partial charge in [0.1, 0.15) is 6.54 Å². The van der Waals surface area contributed by atoms with Crippen LogP contribution in [0.3, 0.4) is 0 Å². The molecule has 1 saturated carbocycles. The lowest BCUT2D eigenvalue weighted by Crippen LogP contribution is -2.56. The number of likely N-dealkylation sites (tertiary alicyclic amines) is 1. The minimum Gasteiger partial charge on any atom is -0.336 e. The van der Waals surface area contributed by atoms with Gasteiger partial charge in [-0.1, -0.05) is 38.0 Å². The highest BCUT2D eigenvalue weighted by atomic mass is 16.2. The summed E-state index contributed by atoms with van der Waals surface area (Å²) in [7, 11) is 0. The first-order valence-electron chi connectivity index (χ1n) is 10.1. The molecular weight excluding hydrogens is 340 g/mol. The summed E-state index contributed by atoms with van der Waals surface area (Å²) in [5, 5.41) is 9.45. The highest BCUT2D eigenvalue weighted by Gasteiger charge is 2.55. The van der Waals surface area contributed by atoms with Gasteiger partial charge in [0.15, 0.2) is 0 Å². The Labute approximate surface area is 158 Å². The number of piperidine rings is 1. The number of nitrogens with one attached hydrogen (secondary N) is 1. The number of fused-ring (bicyclic) bond motifs is 2. The Kier molecular flexibility index (Phi) is 3.86. The predicted octanol–water partition coefficient (Wildman–Crippen LogP) is 1.92. The van der Waals surface area contributed by atoms with Gasteiger partial charge >= 0.3 is 0 Å². The van der Waals surface area contributed by atoms with Crippen LogP contribution in [0.2, 0.25) is 0 Å². The van der Waals surface area contributed by atoms with E-state index in [1.54, 1.807) is 12.3 Å². The molecule has 3 fully saturated rings. The van der Waals surface area contributed by atoms with Crippen molar-refractivity contribution >= 4 is 16.7 Å². The van der Waals surface area contributed by atoms with E-state index < -0.39 is 0 Å². The van der Waals surface area contributed by atoms with Crippen LogP contribution in [-0.2, 0) is 11.3 Å². The van der Waals surface area contributed by atoms with Crippen LogP contribution in [0.15, 0.2) is 35.3 Å². The first kappa shape index (κ1) is 16.9. The number of benzene rings is 1. The number of carbonyl (C=O) groups is 1. The van der Waals surface area contributed by atoms with Crippen molar-refractivity contribution in [3.63, 3.8) is 0 Å². The van der Waals surface area contributed by atoms with Gasteiger partial charge in [-0.05, 0) is 25.3 Å². The Balaban J connectivity index is 1.45. The Hall–Kier alpha value is -2.21. The van der Waals surface area contributed by atoms with Gasteiger partial charge in [-0.15, -0.1) is 0 Å².